The van der Waals surface area contributed by atoms with Gasteiger partial charge in [0.2, 0.25) is 0 Å². The third-order valence-electron chi connectivity index (χ3n) is 2.78. The van der Waals surface area contributed by atoms with Gasteiger partial charge in [0, 0.05) is 11.8 Å². The van der Waals surface area contributed by atoms with E-state index < -0.39 is 0 Å². The van der Waals surface area contributed by atoms with Crippen molar-refractivity contribution in [3.05, 3.63) is 30.9 Å². The van der Waals surface area contributed by atoms with Crippen LogP contribution in [0.2, 0.25) is 0 Å². The van der Waals surface area contributed by atoms with Crippen LogP contribution in [0.4, 0.5) is 5.69 Å². The highest BCUT2D eigenvalue weighted by molar-refractivity contribution is 5.91. The second-order valence-corrected chi connectivity index (χ2v) is 4.70. The van der Waals surface area contributed by atoms with Gasteiger partial charge in [-0.25, -0.2) is 0 Å². The van der Waals surface area contributed by atoms with Crippen molar-refractivity contribution in [3.8, 4) is 11.5 Å². The summed E-state index contributed by atoms with van der Waals surface area (Å²) in [6, 6.07) is 5.41. The van der Waals surface area contributed by atoms with Crippen molar-refractivity contribution in [2.45, 2.75) is 13.8 Å². The zero-order chi connectivity index (χ0) is 15.7. The number of hydrogen-bond acceptors (Lipinski definition) is 3. The second kappa shape index (κ2) is 9.02. The van der Waals surface area contributed by atoms with Crippen molar-refractivity contribution in [2.24, 2.45) is 0 Å². The lowest BCUT2D eigenvalue weighted by atomic mass is 10.2. The van der Waals surface area contributed by atoms with Gasteiger partial charge in [-0.2, -0.15) is 0 Å². The molecule has 116 valence electrons. The van der Waals surface area contributed by atoms with Gasteiger partial charge in [0.1, 0.15) is 0 Å². The highest BCUT2D eigenvalue weighted by Gasteiger charge is 2.11. The van der Waals surface area contributed by atoms with Gasteiger partial charge in [-0.3, -0.25) is 4.79 Å². The molecule has 0 bridgehead atoms. The van der Waals surface area contributed by atoms with Gasteiger partial charge in [0.15, 0.2) is 18.0 Å². The van der Waals surface area contributed by atoms with E-state index in [4.69, 9.17) is 9.47 Å². The lowest BCUT2D eigenvalue weighted by molar-refractivity contribution is -0.864. The molecule has 0 saturated carbocycles. The van der Waals surface area contributed by atoms with Crippen molar-refractivity contribution in [3.63, 3.8) is 0 Å². The summed E-state index contributed by atoms with van der Waals surface area (Å²) in [5.74, 6) is 1.29. The molecule has 5 nitrogen and oxygen atoms in total. The Hall–Kier alpha value is -2.01. The number of anilines is 1. The Morgan fingerprint density at radius 3 is 2.57 bits per heavy atom. The van der Waals surface area contributed by atoms with E-state index in [1.54, 1.807) is 12.1 Å². The smallest absolute Gasteiger partial charge is 0.279 e. The van der Waals surface area contributed by atoms with Crippen molar-refractivity contribution in [2.75, 3.05) is 38.7 Å². The number of likely N-dealkylation sites (N-methyl/N-ethyl adjacent to an activating group) is 1. The molecular weight excluding hydrogens is 268 g/mol. The molecule has 5 heteroatoms. The first-order chi connectivity index (χ1) is 10.1. The van der Waals surface area contributed by atoms with Gasteiger partial charge in [0.05, 0.1) is 26.8 Å². The summed E-state index contributed by atoms with van der Waals surface area (Å²) in [7, 11) is 1.95. The molecule has 1 rings (SSSR count). The van der Waals surface area contributed by atoms with Crippen LogP contribution in [0.25, 0.3) is 0 Å². The normalized spacial score (nSPS) is 11.6. The minimum absolute atomic E-state index is 0.0408. The van der Waals surface area contributed by atoms with Gasteiger partial charge in [-0.05, 0) is 32.1 Å². The van der Waals surface area contributed by atoms with Gasteiger partial charge in [-0.15, -0.1) is 0 Å². The Balaban J connectivity index is 2.72. The fourth-order valence-corrected chi connectivity index (χ4v) is 1.93. The van der Waals surface area contributed by atoms with Crippen molar-refractivity contribution in [1.29, 1.82) is 0 Å². The number of benzene rings is 1. The zero-order valence-electron chi connectivity index (χ0n) is 13.1. The number of nitrogens with one attached hydrogen (secondary N) is 2. The lowest BCUT2D eigenvalue weighted by Gasteiger charge is -2.14. The fraction of sp³-hybridized carbons (Fsp3) is 0.438. The topological polar surface area (TPSA) is 52.0 Å². The molecule has 2 N–H and O–H groups in total. The van der Waals surface area contributed by atoms with Gasteiger partial charge >= 0.3 is 0 Å². The molecule has 0 saturated heterocycles. The number of carbonyl (C=O) groups is 1. The number of ether oxygens (including phenoxy) is 2. The van der Waals surface area contributed by atoms with E-state index in [1.165, 1.54) is 0 Å². The molecule has 0 heterocycles. The summed E-state index contributed by atoms with van der Waals surface area (Å²) in [6.07, 6.45) is 1.80. The van der Waals surface area contributed by atoms with Crippen molar-refractivity contribution >= 4 is 11.6 Å². The van der Waals surface area contributed by atoms with E-state index in [9.17, 15) is 4.79 Å². The van der Waals surface area contributed by atoms with Gasteiger partial charge in [-0.1, -0.05) is 6.58 Å². The van der Waals surface area contributed by atoms with E-state index >= 15 is 0 Å². The molecule has 0 radical (unpaired) electrons. The highest BCUT2D eigenvalue weighted by Crippen LogP contribution is 2.30. The molecule has 1 amide bonds. The van der Waals surface area contributed by atoms with Crippen LogP contribution >= 0.6 is 0 Å². The average Bonchev–Trinajstić information content (AvgIpc) is 2.42. The van der Waals surface area contributed by atoms with Crippen molar-refractivity contribution in [1.82, 2.24) is 0 Å². The van der Waals surface area contributed by atoms with E-state index in [2.05, 4.69) is 11.9 Å². The molecule has 0 aromatic heterocycles. The summed E-state index contributed by atoms with van der Waals surface area (Å²) in [5, 5.41) is 2.87. The maximum atomic E-state index is 11.9. The Morgan fingerprint density at radius 2 is 1.95 bits per heavy atom. The number of amides is 1. The van der Waals surface area contributed by atoms with Crippen LogP contribution in [0.5, 0.6) is 11.5 Å². The third kappa shape index (κ3) is 5.87. The monoisotopic (exact) mass is 293 g/mol. The van der Waals surface area contributed by atoms with E-state index in [1.807, 2.05) is 33.0 Å². The summed E-state index contributed by atoms with van der Waals surface area (Å²) in [4.78, 5) is 13.0. The minimum atomic E-state index is -0.0408. The van der Waals surface area contributed by atoms with E-state index in [-0.39, 0.29) is 5.91 Å². The minimum Gasteiger partial charge on any atom is -0.490 e. The molecule has 0 aliphatic rings. The maximum Gasteiger partial charge on any atom is 0.279 e. The van der Waals surface area contributed by atoms with Gasteiger partial charge in [0.25, 0.3) is 5.91 Å². The molecule has 1 unspecified atom stereocenters. The van der Waals surface area contributed by atoms with Crippen LogP contribution in [0, 0.1) is 0 Å². The van der Waals surface area contributed by atoms with Crippen LogP contribution < -0.4 is 19.7 Å². The van der Waals surface area contributed by atoms with Gasteiger partial charge < -0.3 is 19.7 Å². The second-order valence-electron chi connectivity index (χ2n) is 4.70. The zero-order valence-corrected chi connectivity index (χ0v) is 13.1. The quantitative estimate of drug-likeness (QED) is 0.671. The first-order valence-corrected chi connectivity index (χ1v) is 7.22. The largest absolute Gasteiger partial charge is 0.490 e. The highest BCUT2D eigenvalue weighted by atomic mass is 16.5. The van der Waals surface area contributed by atoms with Crippen LogP contribution in [0.15, 0.2) is 30.9 Å². The molecule has 1 atom stereocenters. The molecule has 0 aliphatic heterocycles. The van der Waals surface area contributed by atoms with Crippen LogP contribution in [0.1, 0.15) is 13.8 Å². The first-order valence-electron chi connectivity index (χ1n) is 7.22. The van der Waals surface area contributed by atoms with Crippen LogP contribution in [-0.2, 0) is 4.79 Å². The number of hydrogen-bond donors (Lipinski definition) is 2. The number of rotatable bonds is 9. The SMILES string of the molecule is C=CC[NH+](C)CC(=O)Nc1ccc(OCC)c(OCC)c1. The molecule has 0 spiro atoms. The Kier molecular flexibility index (Phi) is 7.32. The van der Waals surface area contributed by atoms with E-state index in [0.717, 1.165) is 11.4 Å². The molecule has 0 fully saturated rings. The molecular formula is C16H25N2O3+. The van der Waals surface area contributed by atoms with E-state index in [0.29, 0.717) is 36.9 Å². The lowest BCUT2D eigenvalue weighted by Crippen LogP contribution is -3.09. The maximum absolute atomic E-state index is 11.9. The Labute approximate surface area is 126 Å². The predicted octanol–water partition coefficient (Wildman–Crippen LogP) is 1.12. The molecule has 21 heavy (non-hydrogen) atoms. The summed E-state index contributed by atoms with van der Waals surface area (Å²) in [5.41, 5.74) is 0.707. The average molecular weight is 293 g/mol. The Bertz CT molecular complexity index is 475. The molecule has 1 aromatic carbocycles. The molecule has 0 aliphatic carbocycles. The fourth-order valence-electron chi connectivity index (χ4n) is 1.93. The third-order valence-corrected chi connectivity index (χ3v) is 2.78. The van der Waals surface area contributed by atoms with Crippen LogP contribution in [-0.4, -0.2) is 39.3 Å². The first kappa shape index (κ1) is 17.0. The predicted molar refractivity (Wildman–Crippen MR) is 84.2 cm³/mol. The number of carbonyl (C=O) groups excluding carboxylic acids is 1. The summed E-state index contributed by atoms with van der Waals surface area (Å²) < 4.78 is 11.0. The Morgan fingerprint density at radius 1 is 1.29 bits per heavy atom. The van der Waals surface area contributed by atoms with Crippen LogP contribution in [0.3, 0.4) is 0 Å². The summed E-state index contributed by atoms with van der Waals surface area (Å²) >= 11 is 0. The van der Waals surface area contributed by atoms with Crippen molar-refractivity contribution < 1.29 is 19.2 Å². The molecule has 1 aromatic rings. The number of quaternary nitrogens is 1. The standard InChI is InChI=1S/C16H24N2O3/c1-5-10-18(4)12-16(19)17-13-8-9-14(20-6-2)15(11-13)21-7-3/h5,8-9,11H,1,6-7,10,12H2,2-4H3,(H,17,19)/p+1. The summed E-state index contributed by atoms with van der Waals surface area (Å²) in [6.45, 7) is 9.76.